The fraction of sp³-hybridized carbons (Fsp3) is 0.412. The Hall–Kier alpha value is -2.68. The maximum absolute atomic E-state index is 12.3. The van der Waals surface area contributed by atoms with Crippen LogP contribution in [-0.4, -0.2) is 31.3 Å². The van der Waals surface area contributed by atoms with Crippen LogP contribution in [-0.2, 0) is 11.3 Å². The molecular formula is C17H20N4O4S. The number of hydrogen-bond donors (Lipinski definition) is 2. The largest absolute Gasteiger partial charge is 0.494 e. The number of aromatic amines is 1. The fourth-order valence-electron chi connectivity index (χ4n) is 3.00. The van der Waals surface area contributed by atoms with Crippen LogP contribution in [0.5, 0.6) is 5.88 Å². The molecule has 2 aromatic heterocycles. The number of aromatic hydroxyl groups is 1. The van der Waals surface area contributed by atoms with Crippen LogP contribution in [0.15, 0.2) is 32.2 Å². The van der Waals surface area contributed by atoms with E-state index in [1.807, 2.05) is 24.4 Å². The summed E-state index contributed by atoms with van der Waals surface area (Å²) < 4.78 is 1.14. The Bertz CT molecular complexity index is 958. The number of nitrogens with one attached hydrogen (secondary N) is 1. The molecule has 26 heavy (non-hydrogen) atoms. The maximum Gasteiger partial charge on any atom is 0.331 e. The Morgan fingerprint density at radius 3 is 2.85 bits per heavy atom. The molecule has 0 saturated heterocycles. The molecule has 0 aromatic carbocycles. The first-order valence-corrected chi connectivity index (χ1v) is 9.29. The van der Waals surface area contributed by atoms with E-state index in [1.54, 1.807) is 0 Å². The molecule has 0 unspecified atom stereocenters. The predicted octanol–water partition coefficient (Wildman–Crippen LogP) is 1.80. The van der Waals surface area contributed by atoms with Crippen molar-refractivity contribution in [1.29, 1.82) is 0 Å². The third-order valence-corrected chi connectivity index (χ3v) is 5.27. The summed E-state index contributed by atoms with van der Waals surface area (Å²) in [6.45, 7) is 3.66. The fourth-order valence-corrected chi connectivity index (χ4v) is 3.81. The summed E-state index contributed by atoms with van der Waals surface area (Å²) in [7, 11) is 0. The SMILES string of the molecule is CCCCn1c(O)c(C2=NN(C(C)=O)[C@@H](c3cccs3)C2)c(=O)[nH]c1=O. The molecule has 9 heteroatoms. The van der Waals surface area contributed by atoms with Gasteiger partial charge < -0.3 is 5.11 Å². The minimum atomic E-state index is -0.700. The number of hydrazone groups is 1. The van der Waals surface area contributed by atoms with Gasteiger partial charge in [-0.3, -0.25) is 19.1 Å². The van der Waals surface area contributed by atoms with Crippen LogP contribution in [0.25, 0.3) is 0 Å². The van der Waals surface area contributed by atoms with Crippen molar-refractivity contribution in [1.82, 2.24) is 14.6 Å². The number of unbranched alkanes of at least 4 members (excludes halogenated alkanes) is 1. The van der Waals surface area contributed by atoms with Gasteiger partial charge in [0.25, 0.3) is 5.56 Å². The lowest BCUT2D eigenvalue weighted by Gasteiger charge is -2.18. The molecule has 1 amide bonds. The van der Waals surface area contributed by atoms with Crippen molar-refractivity contribution in [3.63, 3.8) is 0 Å². The number of amides is 1. The predicted molar refractivity (Wildman–Crippen MR) is 98.6 cm³/mol. The Kier molecular flexibility index (Phi) is 5.08. The molecule has 8 nitrogen and oxygen atoms in total. The van der Waals surface area contributed by atoms with Crippen LogP contribution >= 0.6 is 11.3 Å². The molecule has 0 radical (unpaired) electrons. The van der Waals surface area contributed by atoms with E-state index in [9.17, 15) is 19.5 Å². The van der Waals surface area contributed by atoms with Crippen LogP contribution < -0.4 is 11.2 Å². The average Bonchev–Trinajstić information content (AvgIpc) is 3.23. The number of carbonyl (C=O) groups is 1. The molecule has 3 heterocycles. The minimum Gasteiger partial charge on any atom is -0.494 e. The van der Waals surface area contributed by atoms with E-state index in [0.29, 0.717) is 25.1 Å². The lowest BCUT2D eigenvalue weighted by Crippen LogP contribution is -2.33. The molecule has 0 saturated carbocycles. The number of rotatable bonds is 5. The van der Waals surface area contributed by atoms with Gasteiger partial charge in [0.2, 0.25) is 11.8 Å². The van der Waals surface area contributed by atoms with Gasteiger partial charge in [0, 0.05) is 24.8 Å². The second-order valence-electron chi connectivity index (χ2n) is 6.11. The zero-order chi connectivity index (χ0) is 18.8. The van der Waals surface area contributed by atoms with Crippen LogP contribution in [0.4, 0.5) is 0 Å². The normalized spacial score (nSPS) is 16.8. The zero-order valence-corrected chi connectivity index (χ0v) is 15.4. The summed E-state index contributed by atoms with van der Waals surface area (Å²) in [5.74, 6) is -0.657. The van der Waals surface area contributed by atoms with Gasteiger partial charge in [-0.05, 0) is 17.9 Å². The van der Waals surface area contributed by atoms with E-state index in [4.69, 9.17) is 0 Å². The highest BCUT2D eigenvalue weighted by Crippen LogP contribution is 2.35. The van der Waals surface area contributed by atoms with Gasteiger partial charge in [-0.15, -0.1) is 11.3 Å². The third-order valence-electron chi connectivity index (χ3n) is 4.30. The van der Waals surface area contributed by atoms with Gasteiger partial charge in [0.1, 0.15) is 5.56 Å². The summed E-state index contributed by atoms with van der Waals surface area (Å²) in [6.07, 6.45) is 1.81. The van der Waals surface area contributed by atoms with Crippen molar-refractivity contribution >= 4 is 23.0 Å². The monoisotopic (exact) mass is 376 g/mol. The Balaban J connectivity index is 2.06. The van der Waals surface area contributed by atoms with Crippen molar-refractivity contribution in [3.8, 4) is 5.88 Å². The van der Waals surface area contributed by atoms with Crippen molar-refractivity contribution in [2.75, 3.05) is 0 Å². The van der Waals surface area contributed by atoms with Gasteiger partial charge >= 0.3 is 5.69 Å². The van der Waals surface area contributed by atoms with Gasteiger partial charge in [-0.25, -0.2) is 9.80 Å². The molecule has 138 valence electrons. The molecule has 3 rings (SSSR count). The maximum atomic E-state index is 12.3. The van der Waals surface area contributed by atoms with Gasteiger partial charge in [-0.1, -0.05) is 19.4 Å². The number of H-pyrrole nitrogens is 1. The van der Waals surface area contributed by atoms with Gasteiger partial charge in [0.15, 0.2) is 0 Å². The third kappa shape index (κ3) is 3.22. The highest BCUT2D eigenvalue weighted by Gasteiger charge is 2.34. The molecule has 0 aliphatic carbocycles. The summed E-state index contributed by atoms with van der Waals surface area (Å²) in [5.41, 5.74) is -1.11. The Morgan fingerprint density at radius 1 is 1.46 bits per heavy atom. The molecule has 2 aromatic rings. The number of nitrogens with zero attached hydrogens (tertiary/aromatic N) is 3. The minimum absolute atomic E-state index is 0.0500. The second kappa shape index (κ2) is 7.28. The number of carbonyl (C=O) groups excluding carboxylic acids is 1. The highest BCUT2D eigenvalue weighted by atomic mass is 32.1. The van der Waals surface area contributed by atoms with Gasteiger partial charge in [0.05, 0.1) is 11.8 Å². The highest BCUT2D eigenvalue weighted by molar-refractivity contribution is 7.10. The smallest absolute Gasteiger partial charge is 0.331 e. The molecule has 0 bridgehead atoms. The van der Waals surface area contributed by atoms with Crippen molar-refractivity contribution in [2.24, 2.45) is 5.10 Å². The van der Waals surface area contributed by atoms with Crippen LogP contribution in [0.3, 0.4) is 0 Å². The van der Waals surface area contributed by atoms with E-state index in [1.165, 1.54) is 23.3 Å². The zero-order valence-electron chi connectivity index (χ0n) is 14.6. The van der Waals surface area contributed by atoms with E-state index >= 15 is 0 Å². The lowest BCUT2D eigenvalue weighted by atomic mass is 10.0. The first kappa shape index (κ1) is 18.1. The number of aromatic nitrogens is 2. The second-order valence-corrected chi connectivity index (χ2v) is 7.09. The first-order chi connectivity index (χ1) is 12.4. The van der Waals surface area contributed by atoms with Crippen LogP contribution in [0.2, 0.25) is 0 Å². The lowest BCUT2D eigenvalue weighted by molar-refractivity contribution is -0.130. The topological polar surface area (TPSA) is 108 Å². The van der Waals surface area contributed by atoms with E-state index in [0.717, 1.165) is 15.9 Å². The van der Waals surface area contributed by atoms with Crippen molar-refractivity contribution in [2.45, 2.75) is 45.7 Å². The number of hydrogen-bond acceptors (Lipinski definition) is 6. The van der Waals surface area contributed by atoms with Crippen LogP contribution in [0.1, 0.15) is 49.6 Å². The summed E-state index contributed by atoms with van der Waals surface area (Å²) in [5, 5.41) is 18.0. The molecule has 1 atom stereocenters. The van der Waals surface area contributed by atoms with Gasteiger partial charge in [-0.2, -0.15) is 5.10 Å². The van der Waals surface area contributed by atoms with E-state index < -0.39 is 17.1 Å². The summed E-state index contributed by atoms with van der Waals surface area (Å²) in [4.78, 5) is 39.5. The Labute approximate surface area is 153 Å². The summed E-state index contributed by atoms with van der Waals surface area (Å²) in [6, 6.07) is 3.46. The molecule has 0 spiro atoms. The van der Waals surface area contributed by atoms with Crippen molar-refractivity contribution < 1.29 is 9.90 Å². The quantitative estimate of drug-likeness (QED) is 0.829. The van der Waals surface area contributed by atoms with E-state index in [-0.39, 0.29) is 17.5 Å². The number of thiophene rings is 1. The van der Waals surface area contributed by atoms with Crippen LogP contribution in [0, 0.1) is 0 Å². The average molecular weight is 376 g/mol. The first-order valence-electron chi connectivity index (χ1n) is 8.41. The Morgan fingerprint density at radius 2 is 2.23 bits per heavy atom. The molecule has 1 aliphatic rings. The summed E-state index contributed by atoms with van der Waals surface area (Å²) >= 11 is 1.49. The molecule has 1 aliphatic heterocycles. The van der Waals surface area contributed by atoms with E-state index in [2.05, 4.69) is 10.1 Å². The molecular weight excluding hydrogens is 356 g/mol. The molecule has 2 N–H and O–H groups in total. The standard InChI is InChI=1S/C17H20N4O4S/c1-3-4-7-20-16(24)14(15(23)18-17(20)25)11-9-12(13-6-5-8-26-13)21(19-11)10(2)22/h5-6,8,12,24H,3-4,7,9H2,1-2H3,(H,18,23,25)/t12-/m1/s1. The van der Waals surface area contributed by atoms with Crippen molar-refractivity contribution in [3.05, 3.63) is 48.8 Å². The molecule has 0 fully saturated rings.